The number of halogens is 1. The first-order valence-corrected chi connectivity index (χ1v) is 8.52. The number of hydrogen-bond donors (Lipinski definition) is 2. The second-order valence-corrected chi connectivity index (χ2v) is 7.47. The summed E-state index contributed by atoms with van der Waals surface area (Å²) in [5.41, 5.74) is 5.62. The topological polar surface area (TPSA) is 85.1 Å². The molecule has 0 saturated carbocycles. The number of pyridine rings is 1. The smallest absolute Gasteiger partial charge is 0.244 e. The number of sulfonamides is 1. The number of aromatic nitrogens is 1. The first-order chi connectivity index (χ1) is 8.90. The van der Waals surface area contributed by atoms with Crippen molar-refractivity contribution in [3.8, 4) is 0 Å². The lowest BCUT2D eigenvalue weighted by atomic mass is 10.3. The van der Waals surface area contributed by atoms with Crippen LogP contribution >= 0.6 is 27.3 Å². The summed E-state index contributed by atoms with van der Waals surface area (Å²) >= 11 is 4.68. The summed E-state index contributed by atoms with van der Waals surface area (Å²) in [4.78, 5) is 4.74. The first-order valence-electron chi connectivity index (χ1n) is 5.37. The Morgan fingerprint density at radius 2 is 2.26 bits per heavy atom. The van der Waals surface area contributed by atoms with Crippen molar-refractivity contribution in [3.63, 3.8) is 0 Å². The number of rotatable bonds is 4. The molecular formula is C11H12BrN3O2S2. The molecule has 1 atom stereocenters. The summed E-state index contributed by atoms with van der Waals surface area (Å²) in [7, 11) is -3.70. The summed E-state index contributed by atoms with van der Waals surface area (Å²) in [6.45, 7) is 1.78. The molecule has 0 amide bonds. The number of hydrogen-bond acceptors (Lipinski definition) is 5. The van der Waals surface area contributed by atoms with Gasteiger partial charge in [-0.05, 0) is 40.4 Å². The molecule has 0 aliphatic heterocycles. The van der Waals surface area contributed by atoms with Gasteiger partial charge in [-0.3, -0.25) is 0 Å². The molecule has 19 heavy (non-hydrogen) atoms. The van der Waals surface area contributed by atoms with Gasteiger partial charge < -0.3 is 5.73 Å². The Morgan fingerprint density at radius 1 is 1.53 bits per heavy atom. The molecule has 2 aromatic rings. The Kier molecular flexibility index (Phi) is 4.24. The number of nitrogen functional groups attached to an aromatic ring is 1. The van der Waals surface area contributed by atoms with E-state index < -0.39 is 10.0 Å². The molecule has 0 spiro atoms. The van der Waals surface area contributed by atoms with E-state index in [1.54, 1.807) is 6.92 Å². The molecule has 0 bridgehead atoms. The SMILES string of the molecule is CC(NS(=O)(=O)c1cc(Br)cnc1N)c1cccs1. The Balaban J connectivity index is 2.30. The van der Waals surface area contributed by atoms with E-state index in [2.05, 4.69) is 25.6 Å². The molecule has 0 aromatic carbocycles. The van der Waals surface area contributed by atoms with Crippen LogP contribution in [0.15, 0.2) is 39.1 Å². The first kappa shape index (κ1) is 14.4. The second-order valence-electron chi connectivity index (χ2n) is 3.90. The molecule has 1 unspecified atom stereocenters. The van der Waals surface area contributed by atoms with Crippen LogP contribution in [0, 0.1) is 0 Å². The van der Waals surface area contributed by atoms with E-state index in [0.717, 1.165) is 4.88 Å². The molecule has 0 aliphatic rings. The lowest BCUT2D eigenvalue weighted by Crippen LogP contribution is -2.27. The van der Waals surface area contributed by atoms with Crippen LogP contribution in [0.25, 0.3) is 0 Å². The molecule has 2 heterocycles. The predicted molar refractivity (Wildman–Crippen MR) is 79.4 cm³/mol. The number of anilines is 1. The van der Waals surface area contributed by atoms with Crippen molar-refractivity contribution in [3.05, 3.63) is 39.1 Å². The van der Waals surface area contributed by atoms with Gasteiger partial charge in [-0.2, -0.15) is 0 Å². The minimum absolute atomic E-state index is 0.0194. The molecule has 0 fully saturated rings. The monoisotopic (exact) mass is 361 g/mol. The molecule has 0 saturated heterocycles. The van der Waals surface area contributed by atoms with E-state index in [1.165, 1.54) is 23.6 Å². The Labute approximate surface area is 124 Å². The van der Waals surface area contributed by atoms with Crippen LogP contribution in [-0.2, 0) is 10.0 Å². The average molecular weight is 362 g/mol. The van der Waals surface area contributed by atoms with Crippen LogP contribution < -0.4 is 10.5 Å². The molecule has 8 heteroatoms. The summed E-state index contributed by atoms with van der Waals surface area (Å²) in [6, 6.07) is 4.87. The van der Waals surface area contributed by atoms with Crippen molar-refractivity contribution < 1.29 is 8.42 Å². The van der Waals surface area contributed by atoms with Crippen molar-refractivity contribution in [2.45, 2.75) is 17.9 Å². The zero-order chi connectivity index (χ0) is 14.0. The fourth-order valence-electron chi connectivity index (χ4n) is 1.54. The highest BCUT2D eigenvalue weighted by molar-refractivity contribution is 9.10. The number of thiophene rings is 1. The predicted octanol–water partition coefficient (Wildman–Crippen LogP) is 2.53. The maximum absolute atomic E-state index is 12.3. The lowest BCUT2D eigenvalue weighted by molar-refractivity contribution is 0.568. The molecule has 5 nitrogen and oxygen atoms in total. The molecule has 102 valence electrons. The normalized spacial score (nSPS) is 13.4. The molecular weight excluding hydrogens is 350 g/mol. The fraction of sp³-hybridized carbons (Fsp3) is 0.182. The summed E-state index contributed by atoms with van der Waals surface area (Å²) < 4.78 is 27.7. The summed E-state index contributed by atoms with van der Waals surface area (Å²) in [5, 5.41) is 1.90. The average Bonchev–Trinajstić information content (AvgIpc) is 2.85. The van der Waals surface area contributed by atoms with E-state index >= 15 is 0 Å². The minimum atomic E-state index is -3.70. The summed E-state index contributed by atoms with van der Waals surface area (Å²) in [6.07, 6.45) is 1.46. The van der Waals surface area contributed by atoms with Crippen molar-refractivity contribution in [1.29, 1.82) is 0 Å². The van der Waals surface area contributed by atoms with Crippen molar-refractivity contribution >= 4 is 43.1 Å². The van der Waals surface area contributed by atoms with Gasteiger partial charge in [0.2, 0.25) is 10.0 Å². The van der Waals surface area contributed by atoms with Crippen LogP contribution in [0.2, 0.25) is 0 Å². The third kappa shape index (κ3) is 3.33. The van der Waals surface area contributed by atoms with Gasteiger partial charge in [0, 0.05) is 15.5 Å². The Bertz CT molecular complexity index is 671. The zero-order valence-corrected chi connectivity index (χ0v) is 13.2. The highest BCUT2D eigenvalue weighted by Crippen LogP contribution is 2.24. The molecule has 0 radical (unpaired) electrons. The van der Waals surface area contributed by atoms with Crippen molar-refractivity contribution in [1.82, 2.24) is 9.71 Å². The van der Waals surface area contributed by atoms with Crippen LogP contribution in [0.4, 0.5) is 5.82 Å². The van der Waals surface area contributed by atoms with Gasteiger partial charge in [0.25, 0.3) is 0 Å². The Hall–Kier alpha value is -0.960. The molecule has 2 aromatic heterocycles. The van der Waals surface area contributed by atoms with Gasteiger partial charge >= 0.3 is 0 Å². The second kappa shape index (κ2) is 5.58. The van der Waals surface area contributed by atoms with E-state index in [-0.39, 0.29) is 16.8 Å². The van der Waals surface area contributed by atoms with E-state index in [1.807, 2.05) is 17.5 Å². The van der Waals surface area contributed by atoms with Crippen LogP contribution in [-0.4, -0.2) is 13.4 Å². The van der Waals surface area contributed by atoms with E-state index in [4.69, 9.17) is 5.73 Å². The lowest BCUT2D eigenvalue weighted by Gasteiger charge is -2.13. The van der Waals surface area contributed by atoms with E-state index in [9.17, 15) is 8.42 Å². The van der Waals surface area contributed by atoms with E-state index in [0.29, 0.717) is 4.47 Å². The summed E-state index contributed by atoms with van der Waals surface area (Å²) in [5.74, 6) is -0.0194. The highest BCUT2D eigenvalue weighted by atomic mass is 79.9. The van der Waals surface area contributed by atoms with Gasteiger partial charge in [0.15, 0.2) is 0 Å². The maximum atomic E-state index is 12.3. The van der Waals surface area contributed by atoms with Gasteiger partial charge in [-0.1, -0.05) is 6.07 Å². The fourth-order valence-corrected chi connectivity index (χ4v) is 4.16. The number of nitrogens with two attached hydrogens (primary N) is 1. The minimum Gasteiger partial charge on any atom is -0.383 e. The van der Waals surface area contributed by atoms with Gasteiger partial charge in [0.1, 0.15) is 10.7 Å². The van der Waals surface area contributed by atoms with Gasteiger partial charge in [0.05, 0.1) is 6.04 Å². The van der Waals surface area contributed by atoms with Gasteiger partial charge in [-0.15, -0.1) is 11.3 Å². The van der Waals surface area contributed by atoms with Crippen LogP contribution in [0.3, 0.4) is 0 Å². The number of nitrogens with zero attached hydrogens (tertiary/aromatic N) is 1. The highest BCUT2D eigenvalue weighted by Gasteiger charge is 2.22. The van der Waals surface area contributed by atoms with Crippen molar-refractivity contribution in [2.75, 3.05) is 5.73 Å². The molecule has 3 N–H and O–H groups in total. The molecule has 0 aliphatic carbocycles. The largest absolute Gasteiger partial charge is 0.383 e. The van der Waals surface area contributed by atoms with Crippen LogP contribution in [0.5, 0.6) is 0 Å². The number of nitrogens with one attached hydrogen (secondary N) is 1. The standard InChI is InChI=1S/C11H12BrN3O2S2/c1-7(9-3-2-4-18-9)15-19(16,17)10-5-8(12)6-14-11(10)13/h2-7,15H,1H3,(H2,13,14). The zero-order valence-electron chi connectivity index (χ0n) is 10.00. The molecule has 2 rings (SSSR count). The maximum Gasteiger partial charge on any atom is 0.244 e. The Morgan fingerprint density at radius 3 is 2.89 bits per heavy atom. The van der Waals surface area contributed by atoms with Crippen LogP contribution in [0.1, 0.15) is 17.8 Å². The third-order valence-corrected chi connectivity index (χ3v) is 5.50. The quantitative estimate of drug-likeness (QED) is 0.875. The third-order valence-electron chi connectivity index (χ3n) is 2.44. The van der Waals surface area contributed by atoms with Crippen molar-refractivity contribution in [2.24, 2.45) is 0 Å². The van der Waals surface area contributed by atoms with Gasteiger partial charge in [-0.25, -0.2) is 18.1 Å².